The first-order chi connectivity index (χ1) is 7.70. The SMILES string of the molecule is Cc1ccc(Sc2nncn2C)c(C#N)c1. The molecule has 0 atom stereocenters. The molecular formula is C11H10N4S. The number of aryl methyl sites for hydroxylation is 2. The molecule has 0 spiro atoms. The Hall–Kier alpha value is -1.80. The maximum atomic E-state index is 9.03. The molecule has 0 saturated heterocycles. The molecule has 16 heavy (non-hydrogen) atoms. The van der Waals surface area contributed by atoms with Gasteiger partial charge in [0.25, 0.3) is 0 Å². The van der Waals surface area contributed by atoms with Gasteiger partial charge < -0.3 is 4.57 Å². The molecule has 0 unspecified atom stereocenters. The Balaban J connectivity index is 2.36. The van der Waals surface area contributed by atoms with Crippen LogP contribution >= 0.6 is 11.8 Å². The maximum Gasteiger partial charge on any atom is 0.195 e. The third kappa shape index (κ3) is 2.07. The highest BCUT2D eigenvalue weighted by Gasteiger charge is 2.08. The lowest BCUT2D eigenvalue weighted by Crippen LogP contribution is -1.90. The number of hydrogen-bond acceptors (Lipinski definition) is 4. The fourth-order valence-corrected chi connectivity index (χ4v) is 2.11. The van der Waals surface area contributed by atoms with Crippen molar-refractivity contribution in [3.8, 4) is 6.07 Å². The lowest BCUT2D eigenvalue weighted by Gasteiger charge is -2.03. The average Bonchev–Trinajstić information content (AvgIpc) is 2.67. The van der Waals surface area contributed by atoms with Crippen LogP contribution < -0.4 is 0 Å². The van der Waals surface area contributed by atoms with Crippen LogP contribution in [0.15, 0.2) is 34.6 Å². The highest BCUT2D eigenvalue weighted by molar-refractivity contribution is 7.99. The van der Waals surface area contributed by atoms with Crippen LogP contribution in [0.3, 0.4) is 0 Å². The zero-order valence-corrected chi connectivity index (χ0v) is 9.82. The Morgan fingerprint density at radius 2 is 2.25 bits per heavy atom. The van der Waals surface area contributed by atoms with Gasteiger partial charge in [-0.1, -0.05) is 6.07 Å². The summed E-state index contributed by atoms with van der Waals surface area (Å²) < 4.78 is 1.83. The Kier molecular flexibility index (Phi) is 2.93. The molecule has 5 heteroatoms. The van der Waals surface area contributed by atoms with Gasteiger partial charge in [-0.3, -0.25) is 0 Å². The Morgan fingerprint density at radius 1 is 1.44 bits per heavy atom. The molecule has 0 aliphatic rings. The third-order valence-electron chi connectivity index (χ3n) is 2.13. The van der Waals surface area contributed by atoms with Crippen molar-refractivity contribution in [3.63, 3.8) is 0 Å². The summed E-state index contributed by atoms with van der Waals surface area (Å²) in [5.74, 6) is 0. The van der Waals surface area contributed by atoms with Gasteiger partial charge in [0.05, 0.1) is 5.56 Å². The van der Waals surface area contributed by atoms with Gasteiger partial charge in [-0.15, -0.1) is 10.2 Å². The molecule has 0 bridgehead atoms. The lowest BCUT2D eigenvalue weighted by atomic mass is 10.2. The molecule has 1 aromatic carbocycles. The van der Waals surface area contributed by atoms with E-state index in [-0.39, 0.29) is 0 Å². The van der Waals surface area contributed by atoms with E-state index in [0.29, 0.717) is 5.56 Å². The van der Waals surface area contributed by atoms with Gasteiger partial charge in [-0.05, 0) is 36.4 Å². The second-order valence-electron chi connectivity index (χ2n) is 3.44. The summed E-state index contributed by atoms with van der Waals surface area (Å²) in [6, 6.07) is 7.99. The Bertz CT molecular complexity index is 553. The highest BCUT2D eigenvalue weighted by Crippen LogP contribution is 2.28. The number of benzene rings is 1. The molecule has 1 aromatic heterocycles. The number of nitrogens with zero attached hydrogens (tertiary/aromatic N) is 4. The number of hydrogen-bond donors (Lipinski definition) is 0. The average molecular weight is 230 g/mol. The summed E-state index contributed by atoms with van der Waals surface area (Å²) in [5.41, 5.74) is 1.76. The summed E-state index contributed by atoms with van der Waals surface area (Å²) in [6.45, 7) is 1.97. The molecule has 0 amide bonds. The van der Waals surface area contributed by atoms with E-state index in [4.69, 9.17) is 5.26 Å². The maximum absolute atomic E-state index is 9.03. The molecule has 0 fully saturated rings. The number of rotatable bonds is 2. The smallest absolute Gasteiger partial charge is 0.195 e. The van der Waals surface area contributed by atoms with E-state index in [2.05, 4.69) is 16.3 Å². The van der Waals surface area contributed by atoms with Crippen LogP contribution in [0.5, 0.6) is 0 Å². The monoisotopic (exact) mass is 230 g/mol. The number of aromatic nitrogens is 3. The molecular weight excluding hydrogens is 220 g/mol. The molecule has 0 aliphatic heterocycles. The second-order valence-corrected chi connectivity index (χ2v) is 4.45. The largest absolute Gasteiger partial charge is 0.311 e. The minimum Gasteiger partial charge on any atom is -0.311 e. The van der Waals surface area contributed by atoms with Gasteiger partial charge >= 0.3 is 0 Å². The third-order valence-corrected chi connectivity index (χ3v) is 3.25. The minimum absolute atomic E-state index is 0.674. The van der Waals surface area contributed by atoms with Crippen LogP contribution in [0.1, 0.15) is 11.1 Å². The van der Waals surface area contributed by atoms with E-state index >= 15 is 0 Å². The van der Waals surface area contributed by atoms with Crippen molar-refractivity contribution in [3.05, 3.63) is 35.7 Å². The van der Waals surface area contributed by atoms with E-state index in [0.717, 1.165) is 15.6 Å². The van der Waals surface area contributed by atoms with E-state index < -0.39 is 0 Å². The molecule has 80 valence electrons. The van der Waals surface area contributed by atoms with Crippen LogP contribution in [0.4, 0.5) is 0 Å². The van der Waals surface area contributed by atoms with Gasteiger partial charge in [-0.2, -0.15) is 5.26 Å². The minimum atomic E-state index is 0.674. The Labute approximate surface area is 97.9 Å². The first-order valence-electron chi connectivity index (χ1n) is 4.73. The molecule has 0 aliphatic carbocycles. The van der Waals surface area contributed by atoms with Crippen molar-refractivity contribution >= 4 is 11.8 Å². The normalized spacial score (nSPS) is 10.1. The van der Waals surface area contributed by atoms with Crippen LogP contribution in [-0.4, -0.2) is 14.8 Å². The molecule has 1 heterocycles. The van der Waals surface area contributed by atoms with E-state index in [1.54, 1.807) is 6.33 Å². The molecule has 2 rings (SSSR count). The molecule has 2 aromatic rings. The Morgan fingerprint density at radius 3 is 2.88 bits per heavy atom. The predicted octanol–water partition coefficient (Wildman–Crippen LogP) is 2.15. The molecule has 4 nitrogen and oxygen atoms in total. The number of nitriles is 1. The van der Waals surface area contributed by atoms with Crippen molar-refractivity contribution in [2.45, 2.75) is 17.0 Å². The van der Waals surface area contributed by atoms with Crippen molar-refractivity contribution in [1.82, 2.24) is 14.8 Å². The fourth-order valence-electron chi connectivity index (χ4n) is 1.28. The fraction of sp³-hybridized carbons (Fsp3) is 0.182. The van der Waals surface area contributed by atoms with E-state index in [1.165, 1.54) is 11.8 Å². The van der Waals surface area contributed by atoms with Crippen molar-refractivity contribution < 1.29 is 0 Å². The first kappa shape index (κ1) is 10.7. The van der Waals surface area contributed by atoms with Gasteiger partial charge in [0.1, 0.15) is 12.4 Å². The topological polar surface area (TPSA) is 54.5 Å². The highest BCUT2D eigenvalue weighted by atomic mass is 32.2. The van der Waals surface area contributed by atoms with Gasteiger partial charge in [0, 0.05) is 11.9 Å². The first-order valence-corrected chi connectivity index (χ1v) is 5.55. The summed E-state index contributed by atoms with van der Waals surface area (Å²) in [4.78, 5) is 0.907. The molecule has 0 saturated carbocycles. The van der Waals surface area contributed by atoms with Crippen molar-refractivity contribution in [2.75, 3.05) is 0 Å². The zero-order chi connectivity index (χ0) is 11.5. The lowest BCUT2D eigenvalue weighted by molar-refractivity contribution is 0.788. The van der Waals surface area contributed by atoms with Crippen molar-refractivity contribution in [2.24, 2.45) is 7.05 Å². The quantitative estimate of drug-likeness (QED) is 0.793. The van der Waals surface area contributed by atoms with Gasteiger partial charge in [0.2, 0.25) is 0 Å². The van der Waals surface area contributed by atoms with E-state index in [9.17, 15) is 0 Å². The van der Waals surface area contributed by atoms with Crippen LogP contribution in [0.25, 0.3) is 0 Å². The van der Waals surface area contributed by atoms with E-state index in [1.807, 2.05) is 36.7 Å². The molecule has 0 radical (unpaired) electrons. The van der Waals surface area contributed by atoms with Gasteiger partial charge in [0.15, 0.2) is 5.16 Å². The second kappa shape index (κ2) is 4.37. The van der Waals surface area contributed by atoms with Crippen LogP contribution in [-0.2, 0) is 7.05 Å². The predicted molar refractivity (Wildman–Crippen MR) is 61.0 cm³/mol. The van der Waals surface area contributed by atoms with Crippen LogP contribution in [0.2, 0.25) is 0 Å². The summed E-state index contributed by atoms with van der Waals surface area (Å²) in [6.07, 6.45) is 1.64. The van der Waals surface area contributed by atoms with Crippen molar-refractivity contribution in [1.29, 1.82) is 5.26 Å². The molecule has 0 N–H and O–H groups in total. The zero-order valence-electron chi connectivity index (χ0n) is 9.01. The van der Waals surface area contributed by atoms with Gasteiger partial charge in [-0.25, -0.2) is 0 Å². The van der Waals surface area contributed by atoms with Crippen LogP contribution in [0, 0.1) is 18.3 Å². The summed E-state index contributed by atoms with van der Waals surface area (Å²) in [7, 11) is 1.88. The standard InChI is InChI=1S/C11H10N4S/c1-8-3-4-10(9(5-8)6-12)16-11-14-13-7-15(11)2/h3-5,7H,1-2H3. The summed E-state index contributed by atoms with van der Waals surface area (Å²) in [5, 5.41) is 17.6. The summed E-state index contributed by atoms with van der Waals surface area (Å²) >= 11 is 1.45.